The zero-order valence-corrected chi connectivity index (χ0v) is 28.5. The number of carbonyl (C=O) groups excluding carboxylic acids is 3. The summed E-state index contributed by atoms with van der Waals surface area (Å²) >= 11 is 1.04. The minimum absolute atomic E-state index is 0. The van der Waals surface area contributed by atoms with Gasteiger partial charge in [0.05, 0.1) is 10.9 Å². The zero-order chi connectivity index (χ0) is 31.1. The lowest BCUT2D eigenvalue weighted by Gasteiger charge is -2.25. The number of nitrogens with zero attached hydrogens (tertiary/aromatic N) is 3. The maximum absolute atomic E-state index is 13.4. The number of sulfonamides is 1. The molecule has 2 rings (SSSR count). The van der Waals surface area contributed by atoms with Crippen molar-refractivity contribution in [3.63, 3.8) is 0 Å². The fourth-order valence-corrected chi connectivity index (χ4v) is 6.49. The normalized spacial score (nSPS) is 13.3. The van der Waals surface area contributed by atoms with E-state index in [-0.39, 0.29) is 41.0 Å². The number of fused-ring (bicyclic) bond motifs is 1. The van der Waals surface area contributed by atoms with Crippen LogP contribution in [0.2, 0.25) is 0 Å². The molecule has 0 aliphatic carbocycles. The Morgan fingerprint density at radius 2 is 1.57 bits per heavy atom. The number of allylic oxidation sites excluding steroid dienone is 2. The SMILES string of the molecule is C/C(=C(\CCC(=O)C(C)NS(=O)(=O)c1cccc2c(N(C)C)cccc12)SC(=O)C(C)(C)C)N(C=O)CCN(C)C.Cl. The molecule has 42 heavy (non-hydrogen) atoms. The van der Waals surface area contributed by atoms with Crippen molar-refractivity contribution in [2.45, 2.75) is 58.4 Å². The number of Topliss-reactive ketones (excluding diaryl/α,β-unsaturated/α-hetero) is 1. The quantitative estimate of drug-likeness (QED) is 0.291. The molecule has 1 unspecified atom stereocenters. The Morgan fingerprint density at radius 1 is 0.976 bits per heavy atom. The average Bonchev–Trinajstić information content (AvgIpc) is 2.88. The topological polar surface area (TPSA) is 107 Å². The second-order valence-electron chi connectivity index (χ2n) is 11.6. The summed E-state index contributed by atoms with van der Waals surface area (Å²) in [5, 5.41) is 1.27. The second kappa shape index (κ2) is 15.9. The van der Waals surface area contributed by atoms with Gasteiger partial charge in [-0.1, -0.05) is 56.8 Å². The van der Waals surface area contributed by atoms with Crippen molar-refractivity contribution in [1.29, 1.82) is 0 Å². The first-order valence-electron chi connectivity index (χ1n) is 13.5. The van der Waals surface area contributed by atoms with E-state index in [2.05, 4.69) is 4.72 Å². The summed E-state index contributed by atoms with van der Waals surface area (Å²) in [6.07, 6.45) is 0.933. The number of hydrogen-bond acceptors (Lipinski definition) is 8. The summed E-state index contributed by atoms with van der Waals surface area (Å²) in [6.45, 7) is 9.79. The Morgan fingerprint density at radius 3 is 2.12 bits per heavy atom. The van der Waals surface area contributed by atoms with Crippen molar-refractivity contribution in [3.8, 4) is 0 Å². The van der Waals surface area contributed by atoms with Gasteiger partial charge < -0.3 is 14.7 Å². The molecule has 9 nitrogen and oxygen atoms in total. The van der Waals surface area contributed by atoms with Gasteiger partial charge in [-0.15, -0.1) is 12.4 Å². The number of rotatable bonds is 14. The Bertz CT molecular complexity index is 1400. The third kappa shape index (κ3) is 10.1. The van der Waals surface area contributed by atoms with E-state index in [1.165, 1.54) is 17.9 Å². The van der Waals surface area contributed by atoms with Crippen molar-refractivity contribution in [2.75, 3.05) is 46.2 Å². The van der Waals surface area contributed by atoms with E-state index in [0.717, 1.165) is 29.2 Å². The molecule has 0 radical (unpaired) electrons. The van der Waals surface area contributed by atoms with Gasteiger partial charge in [0.15, 0.2) is 10.9 Å². The number of hydrogen-bond donors (Lipinski definition) is 1. The molecule has 0 aliphatic heterocycles. The average molecular weight is 641 g/mol. The van der Waals surface area contributed by atoms with Crippen LogP contribution in [0.5, 0.6) is 0 Å². The second-order valence-corrected chi connectivity index (χ2v) is 14.3. The molecule has 0 bridgehead atoms. The molecule has 1 amide bonds. The number of halogens is 1. The van der Waals surface area contributed by atoms with Gasteiger partial charge in [-0.25, -0.2) is 13.1 Å². The fraction of sp³-hybridized carbons (Fsp3) is 0.500. The molecule has 0 saturated carbocycles. The van der Waals surface area contributed by atoms with Gasteiger partial charge in [-0.3, -0.25) is 14.4 Å². The third-order valence-corrected chi connectivity index (χ3v) is 9.76. The van der Waals surface area contributed by atoms with Crippen molar-refractivity contribution in [3.05, 3.63) is 47.0 Å². The van der Waals surface area contributed by atoms with Crippen molar-refractivity contribution < 1.29 is 22.8 Å². The van der Waals surface area contributed by atoms with Crippen LogP contribution in [0.4, 0.5) is 5.69 Å². The van der Waals surface area contributed by atoms with E-state index in [0.29, 0.717) is 29.1 Å². The zero-order valence-electron chi connectivity index (χ0n) is 26.1. The Balaban J connectivity index is 0.00000882. The van der Waals surface area contributed by atoms with Crippen molar-refractivity contribution in [2.24, 2.45) is 5.41 Å². The molecular formula is C30H45ClN4O5S2. The summed E-state index contributed by atoms with van der Waals surface area (Å²) < 4.78 is 29.4. The van der Waals surface area contributed by atoms with Crippen LogP contribution < -0.4 is 9.62 Å². The molecule has 0 aliphatic rings. The number of thioether (sulfide) groups is 1. The van der Waals surface area contributed by atoms with Gasteiger partial charge in [-0.2, -0.15) is 0 Å². The Labute approximate surface area is 261 Å². The first-order valence-corrected chi connectivity index (χ1v) is 15.8. The summed E-state index contributed by atoms with van der Waals surface area (Å²) in [5.74, 6) is -0.317. The van der Waals surface area contributed by atoms with Gasteiger partial charge in [0.1, 0.15) is 0 Å². The summed E-state index contributed by atoms with van der Waals surface area (Å²) in [5.41, 5.74) is 0.873. The van der Waals surface area contributed by atoms with Crippen LogP contribution in [0.15, 0.2) is 51.9 Å². The lowest BCUT2D eigenvalue weighted by atomic mass is 10.00. The van der Waals surface area contributed by atoms with E-state index in [9.17, 15) is 22.8 Å². The monoisotopic (exact) mass is 640 g/mol. The molecule has 0 spiro atoms. The molecule has 12 heteroatoms. The van der Waals surface area contributed by atoms with Crippen molar-refractivity contribution >= 4 is 68.0 Å². The Kier molecular flexibility index (Phi) is 14.2. The van der Waals surface area contributed by atoms with Crippen LogP contribution >= 0.6 is 24.2 Å². The van der Waals surface area contributed by atoms with Gasteiger partial charge in [0.2, 0.25) is 16.4 Å². The van der Waals surface area contributed by atoms with Crippen LogP contribution in [-0.2, 0) is 24.4 Å². The number of benzene rings is 2. The van der Waals surface area contributed by atoms with E-state index >= 15 is 0 Å². The molecule has 0 aromatic heterocycles. The molecule has 0 saturated heterocycles. The number of nitrogens with one attached hydrogen (secondary N) is 1. The van der Waals surface area contributed by atoms with E-state index < -0.39 is 21.5 Å². The number of amides is 1. The third-order valence-electron chi connectivity index (χ3n) is 6.62. The smallest absolute Gasteiger partial charge is 0.241 e. The molecule has 1 atom stereocenters. The van der Waals surface area contributed by atoms with Gasteiger partial charge in [-0.05, 0) is 46.5 Å². The largest absolute Gasteiger partial charge is 0.377 e. The highest BCUT2D eigenvalue weighted by Gasteiger charge is 2.27. The minimum Gasteiger partial charge on any atom is -0.377 e. The van der Waals surface area contributed by atoms with Crippen LogP contribution in [0, 0.1) is 5.41 Å². The van der Waals surface area contributed by atoms with Crippen LogP contribution in [0.1, 0.15) is 47.5 Å². The molecule has 1 N–H and O–H groups in total. The molecule has 234 valence electrons. The minimum atomic E-state index is -4.02. The van der Waals surface area contributed by atoms with Crippen molar-refractivity contribution in [1.82, 2.24) is 14.5 Å². The molecule has 0 heterocycles. The van der Waals surface area contributed by atoms with E-state index in [1.54, 1.807) is 25.1 Å². The van der Waals surface area contributed by atoms with Gasteiger partial charge in [0.25, 0.3) is 0 Å². The molecular weight excluding hydrogens is 596 g/mol. The van der Waals surface area contributed by atoms with Crippen LogP contribution in [0.25, 0.3) is 10.8 Å². The lowest BCUT2D eigenvalue weighted by Crippen LogP contribution is -2.38. The highest BCUT2D eigenvalue weighted by molar-refractivity contribution is 8.17. The number of ketones is 1. The number of carbonyl (C=O) groups is 3. The van der Waals surface area contributed by atoms with E-state index in [4.69, 9.17) is 0 Å². The molecule has 2 aromatic carbocycles. The van der Waals surface area contributed by atoms with Crippen LogP contribution in [-0.4, -0.2) is 82.8 Å². The first-order chi connectivity index (χ1) is 19.0. The highest BCUT2D eigenvalue weighted by atomic mass is 35.5. The number of anilines is 1. The number of likely N-dealkylation sites (N-methyl/N-ethyl adjacent to an activating group) is 1. The Hall–Kier alpha value is -2.44. The predicted octanol–water partition coefficient (Wildman–Crippen LogP) is 4.90. The summed E-state index contributed by atoms with van der Waals surface area (Å²) in [6, 6.07) is 9.57. The predicted molar refractivity (Wildman–Crippen MR) is 176 cm³/mol. The first kappa shape index (κ1) is 37.6. The molecule has 2 aromatic rings. The van der Waals surface area contributed by atoms with Gasteiger partial charge in [0, 0.05) is 66.1 Å². The molecule has 0 fully saturated rings. The summed E-state index contributed by atoms with van der Waals surface area (Å²) in [4.78, 5) is 44.1. The van der Waals surface area contributed by atoms with Crippen LogP contribution in [0.3, 0.4) is 0 Å². The fourth-order valence-electron chi connectivity index (χ4n) is 4.04. The van der Waals surface area contributed by atoms with E-state index in [1.807, 2.05) is 70.9 Å². The summed E-state index contributed by atoms with van der Waals surface area (Å²) in [7, 11) is 3.57. The highest BCUT2D eigenvalue weighted by Crippen LogP contribution is 2.34. The van der Waals surface area contributed by atoms with Gasteiger partial charge >= 0.3 is 0 Å². The lowest BCUT2D eigenvalue weighted by molar-refractivity contribution is -0.120. The maximum atomic E-state index is 13.4. The standard InChI is InChI=1S/C30H44N4O5S2.ClH/c1-21(31-41(38,39)28-15-11-12-23-24(28)13-10-14-25(23)33(8)9)26(36)16-17-27(40-29(37)30(3,4)5)22(2)34(20-35)19-18-32(6)7;/h10-15,20-21,31H,16-19H2,1-9H3;1H/b27-22-;. The maximum Gasteiger partial charge on any atom is 0.241 e.